The van der Waals surface area contributed by atoms with E-state index in [4.69, 9.17) is 0 Å². The lowest BCUT2D eigenvalue weighted by molar-refractivity contribution is -0.142. The molecule has 3 amide bonds. The van der Waals surface area contributed by atoms with E-state index >= 15 is 0 Å². The average molecular weight is 346 g/mol. The van der Waals surface area contributed by atoms with Gasteiger partial charge in [-0.2, -0.15) is 0 Å². The third-order valence-corrected chi connectivity index (χ3v) is 5.38. The number of imide groups is 1. The summed E-state index contributed by atoms with van der Waals surface area (Å²) in [4.78, 5) is 40.7. The molecule has 1 aromatic rings. The molecular formula is C19H23FN2O3. The first-order valence-electron chi connectivity index (χ1n) is 8.68. The lowest BCUT2D eigenvalue weighted by atomic mass is 9.75. The number of piperidine rings is 1. The first-order chi connectivity index (χ1) is 11.8. The van der Waals surface area contributed by atoms with Crippen molar-refractivity contribution in [1.82, 2.24) is 9.80 Å². The number of hydrogen-bond acceptors (Lipinski definition) is 3. The van der Waals surface area contributed by atoms with E-state index in [-0.39, 0.29) is 24.7 Å². The lowest BCUT2D eigenvalue weighted by Crippen LogP contribution is -2.45. The van der Waals surface area contributed by atoms with Crippen molar-refractivity contribution in [1.29, 1.82) is 0 Å². The van der Waals surface area contributed by atoms with Crippen LogP contribution in [0.2, 0.25) is 0 Å². The Bertz CT molecular complexity index is 720. The summed E-state index contributed by atoms with van der Waals surface area (Å²) in [5, 5.41) is 0. The van der Waals surface area contributed by atoms with Gasteiger partial charge in [-0.05, 0) is 36.5 Å². The number of likely N-dealkylation sites (N-methyl/N-ethyl adjacent to an activating group) is 1. The van der Waals surface area contributed by atoms with Gasteiger partial charge in [0.15, 0.2) is 0 Å². The molecule has 0 radical (unpaired) electrons. The molecule has 0 saturated carbocycles. The standard InChI is InChI=1S/C19H23FN2O3/c1-13-5-4-8-22(12-13)17(24)11-19(10-16(23)21(2)18(19)25)14-6-3-7-15(20)9-14/h3,6-7,9,13H,4-5,8,10-12H2,1-2H3/t13-,19-/m0/s1. The van der Waals surface area contributed by atoms with Gasteiger partial charge in [-0.3, -0.25) is 19.3 Å². The van der Waals surface area contributed by atoms with Crippen molar-refractivity contribution < 1.29 is 18.8 Å². The van der Waals surface area contributed by atoms with Gasteiger partial charge >= 0.3 is 0 Å². The van der Waals surface area contributed by atoms with Gasteiger partial charge in [0.05, 0.1) is 5.41 Å². The molecule has 0 aliphatic carbocycles. The minimum Gasteiger partial charge on any atom is -0.342 e. The number of benzene rings is 1. The third-order valence-electron chi connectivity index (χ3n) is 5.38. The zero-order chi connectivity index (χ0) is 18.2. The highest BCUT2D eigenvalue weighted by Gasteiger charge is 2.53. The Balaban J connectivity index is 1.94. The fraction of sp³-hybridized carbons (Fsp3) is 0.526. The van der Waals surface area contributed by atoms with E-state index in [1.54, 1.807) is 11.0 Å². The molecule has 2 heterocycles. The van der Waals surface area contributed by atoms with Gasteiger partial charge in [0.2, 0.25) is 17.7 Å². The van der Waals surface area contributed by atoms with Crippen molar-refractivity contribution in [3.63, 3.8) is 0 Å². The van der Waals surface area contributed by atoms with Crippen LogP contribution in [0.1, 0.15) is 38.2 Å². The second-order valence-electron chi connectivity index (χ2n) is 7.29. The molecule has 0 unspecified atom stereocenters. The van der Waals surface area contributed by atoms with Crippen LogP contribution in [-0.4, -0.2) is 47.7 Å². The Labute approximate surface area is 146 Å². The number of nitrogens with zero attached hydrogens (tertiary/aromatic N) is 2. The highest BCUT2D eigenvalue weighted by atomic mass is 19.1. The maximum atomic E-state index is 13.8. The minimum atomic E-state index is -1.30. The molecule has 5 nitrogen and oxygen atoms in total. The topological polar surface area (TPSA) is 57.7 Å². The van der Waals surface area contributed by atoms with Crippen LogP contribution in [-0.2, 0) is 19.8 Å². The predicted molar refractivity (Wildman–Crippen MR) is 90.1 cm³/mol. The van der Waals surface area contributed by atoms with E-state index in [1.807, 2.05) is 0 Å². The molecule has 1 aromatic carbocycles. The van der Waals surface area contributed by atoms with E-state index in [0.29, 0.717) is 24.6 Å². The van der Waals surface area contributed by atoms with Gasteiger partial charge in [-0.15, -0.1) is 0 Å². The van der Waals surface area contributed by atoms with Crippen molar-refractivity contribution in [3.8, 4) is 0 Å². The molecule has 25 heavy (non-hydrogen) atoms. The molecule has 134 valence electrons. The van der Waals surface area contributed by atoms with Crippen molar-refractivity contribution in [2.75, 3.05) is 20.1 Å². The predicted octanol–water partition coefficient (Wildman–Crippen LogP) is 2.10. The second kappa shape index (κ2) is 6.58. The van der Waals surface area contributed by atoms with Gasteiger partial charge < -0.3 is 4.90 Å². The van der Waals surface area contributed by atoms with Crippen LogP contribution in [0.3, 0.4) is 0 Å². The van der Waals surface area contributed by atoms with Gasteiger partial charge in [0, 0.05) is 33.0 Å². The summed E-state index contributed by atoms with van der Waals surface area (Å²) < 4.78 is 13.8. The van der Waals surface area contributed by atoms with Crippen LogP contribution in [0.25, 0.3) is 0 Å². The molecule has 2 aliphatic heterocycles. The maximum Gasteiger partial charge on any atom is 0.240 e. The highest BCUT2D eigenvalue weighted by molar-refractivity contribution is 6.10. The number of carbonyl (C=O) groups is 3. The quantitative estimate of drug-likeness (QED) is 0.788. The molecule has 0 spiro atoms. The molecule has 3 rings (SSSR count). The van der Waals surface area contributed by atoms with E-state index in [0.717, 1.165) is 17.7 Å². The molecule has 2 aliphatic rings. The van der Waals surface area contributed by atoms with Gasteiger partial charge in [0.1, 0.15) is 5.82 Å². The van der Waals surface area contributed by atoms with Crippen LogP contribution in [0.15, 0.2) is 24.3 Å². The SMILES string of the molecule is C[C@H]1CCCN(C(=O)C[C@]2(c3cccc(F)c3)CC(=O)N(C)C2=O)C1. The van der Waals surface area contributed by atoms with Crippen LogP contribution in [0.5, 0.6) is 0 Å². The zero-order valence-electron chi connectivity index (χ0n) is 14.6. The molecule has 0 aromatic heterocycles. The average Bonchev–Trinajstić information content (AvgIpc) is 2.80. The summed E-state index contributed by atoms with van der Waals surface area (Å²) in [5.41, 5.74) is -0.903. The van der Waals surface area contributed by atoms with Crippen molar-refractivity contribution in [2.24, 2.45) is 5.92 Å². The summed E-state index contributed by atoms with van der Waals surface area (Å²) >= 11 is 0. The Kier molecular flexibility index (Phi) is 4.62. The Morgan fingerprint density at radius 3 is 2.72 bits per heavy atom. The van der Waals surface area contributed by atoms with Crippen molar-refractivity contribution in [2.45, 2.75) is 38.0 Å². The van der Waals surface area contributed by atoms with Crippen LogP contribution in [0.4, 0.5) is 4.39 Å². The lowest BCUT2D eigenvalue weighted by Gasteiger charge is -2.34. The first-order valence-corrected chi connectivity index (χ1v) is 8.68. The second-order valence-corrected chi connectivity index (χ2v) is 7.29. The number of rotatable bonds is 3. The van der Waals surface area contributed by atoms with Crippen LogP contribution < -0.4 is 0 Å². The number of halogens is 1. The highest BCUT2D eigenvalue weighted by Crippen LogP contribution is 2.40. The van der Waals surface area contributed by atoms with Gasteiger partial charge in [-0.25, -0.2) is 4.39 Å². The van der Waals surface area contributed by atoms with E-state index in [9.17, 15) is 18.8 Å². The van der Waals surface area contributed by atoms with Gasteiger partial charge in [-0.1, -0.05) is 19.1 Å². The number of carbonyl (C=O) groups excluding carboxylic acids is 3. The summed E-state index contributed by atoms with van der Waals surface area (Å²) in [6.07, 6.45) is 1.82. The summed E-state index contributed by atoms with van der Waals surface area (Å²) in [6, 6.07) is 5.68. The van der Waals surface area contributed by atoms with E-state index in [2.05, 4.69) is 6.92 Å². The largest absolute Gasteiger partial charge is 0.342 e. The van der Waals surface area contributed by atoms with Crippen molar-refractivity contribution >= 4 is 17.7 Å². The number of amides is 3. The zero-order valence-corrected chi connectivity index (χ0v) is 14.6. The Morgan fingerprint density at radius 2 is 2.12 bits per heavy atom. The first kappa shape index (κ1) is 17.6. The summed E-state index contributed by atoms with van der Waals surface area (Å²) in [6.45, 7) is 3.43. The molecule has 0 N–H and O–H groups in total. The van der Waals surface area contributed by atoms with E-state index < -0.39 is 17.1 Å². The summed E-state index contributed by atoms with van der Waals surface area (Å²) in [7, 11) is 1.42. The summed E-state index contributed by atoms with van der Waals surface area (Å²) in [5.74, 6) is -0.972. The molecule has 2 saturated heterocycles. The molecule has 6 heteroatoms. The number of likely N-dealkylation sites (tertiary alicyclic amines) is 2. The fourth-order valence-electron chi connectivity index (χ4n) is 3.92. The fourth-order valence-corrected chi connectivity index (χ4v) is 3.92. The van der Waals surface area contributed by atoms with E-state index in [1.165, 1.54) is 25.2 Å². The maximum absolute atomic E-state index is 13.8. The minimum absolute atomic E-state index is 0.0963. The molecule has 2 fully saturated rings. The smallest absolute Gasteiger partial charge is 0.240 e. The number of hydrogen-bond donors (Lipinski definition) is 0. The monoisotopic (exact) mass is 346 g/mol. The molecular weight excluding hydrogens is 323 g/mol. The van der Waals surface area contributed by atoms with Gasteiger partial charge in [0.25, 0.3) is 0 Å². The van der Waals surface area contributed by atoms with Crippen LogP contribution >= 0.6 is 0 Å². The van der Waals surface area contributed by atoms with Crippen molar-refractivity contribution in [3.05, 3.63) is 35.6 Å². The molecule has 0 bridgehead atoms. The Morgan fingerprint density at radius 1 is 1.36 bits per heavy atom. The molecule has 2 atom stereocenters. The Hall–Kier alpha value is -2.24. The normalized spacial score (nSPS) is 27.1. The third kappa shape index (κ3) is 3.17. The van der Waals surface area contributed by atoms with Crippen LogP contribution in [0, 0.1) is 11.7 Å².